The molecule has 4 N–H and O–H groups in total. The van der Waals surface area contributed by atoms with Gasteiger partial charge in [0.15, 0.2) is 0 Å². The molecule has 1 aromatic rings. The summed E-state index contributed by atoms with van der Waals surface area (Å²) in [4.78, 5) is 13.4. The number of halogens is 1. The quantitative estimate of drug-likeness (QED) is 0.482. The Morgan fingerprint density at radius 1 is 0.971 bits per heavy atom. The largest absolute Gasteiger partial charge is 0.390 e. The minimum atomic E-state index is -0.965. The molecular weight excluding hydrogens is 464 g/mol. The maximum atomic E-state index is 13.4. The number of hydrogen-bond acceptors (Lipinski definition) is 5. The lowest BCUT2D eigenvalue weighted by Gasteiger charge is -2.61. The minimum absolute atomic E-state index is 0.0115. The van der Waals surface area contributed by atoms with Crippen LogP contribution in [0.1, 0.15) is 77.4 Å². The number of benzene rings is 1. The summed E-state index contributed by atoms with van der Waals surface area (Å²) >= 11 is 6.00. The molecule has 5 nitrogen and oxygen atoms in total. The van der Waals surface area contributed by atoms with Crippen molar-refractivity contribution in [2.45, 2.75) is 90.1 Å². The summed E-state index contributed by atoms with van der Waals surface area (Å²) in [7, 11) is 0. The van der Waals surface area contributed by atoms with Crippen molar-refractivity contribution in [3.8, 4) is 0 Å². The number of hydrogen-bond donors (Lipinski definition) is 4. The molecule has 5 rings (SSSR count). The molecule has 4 fully saturated rings. The predicted octanol–water partition coefficient (Wildman–Crippen LogP) is 4.54. The van der Waals surface area contributed by atoms with E-state index < -0.39 is 24.4 Å². The van der Waals surface area contributed by atoms with Crippen molar-refractivity contribution in [1.29, 1.82) is 0 Å². The van der Waals surface area contributed by atoms with Crippen LogP contribution in [0.15, 0.2) is 24.3 Å². The standard InChI is InChI=1S/C29H41ClO5/c1-15(26(34)27(35)16-4-6-17(30)7-5-16)19-8-9-20-18-12-23(31)22-13-24(32)25(33)14-29(22,3)21(18)10-11-28(19,20)2/h4-7,15,18-22,24-27,32-35H,8-14H2,1-3H3/t15-,18-,19+,20-,21-,22+,24-,25+,26+,27+,28+,29+/m0/s1. The fourth-order valence-corrected chi connectivity index (χ4v) is 9.48. The van der Waals surface area contributed by atoms with Crippen LogP contribution in [0.25, 0.3) is 0 Å². The summed E-state index contributed by atoms with van der Waals surface area (Å²) in [6, 6.07) is 7.02. The van der Waals surface area contributed by atoms with Gasteiger partial charge in [-0.25, -0.2) is 0 Å². The van der Waals surface area contributed by atoms with Gasteiger partial charge in [-0.2, -0.15) is 0 Å². The van der Waals surface area contributed by atoms with Crippen molar-refractivity contribution in [2.75, 3.05) is 0 Å². The van der Waals surface area contributed by atoms with Gasteiger partial charge in [-0.15, -0.1) is 0 Å². The zero-order valence-corrected chi connectivity index (χ0v) is 21.9. The topological polar surface area (TPSA) is 98.0 Å². The second kappa shape index (κ2) is 9.09. The highest BCUT2D eigenvalue weighted by Gasteiger charge is 2.63. The highest BCUT2D eigenvalue weighted by Crippen LogP contribution is 2.68. The fraction of sp³-hybridized carbons (Fsp3) is 0.759. The minimum Gasteiger partial charge on any atom is -0.390 e. The number of aliphatic hydroxyl groups excluding tert-OH is 4. The van der Waals surface area contributed by atoms with Gasteiger partial charge < -0.3 is 20.4 Å². The Labute approximate surface area is 213 Å². The Balaban J connectivity index is 1.36. The first kappa shape index (κ1) is 25.7. The number of rotatable bonds is 4. The van der Waals surface area contributed by atoms with E-state index in [2.05, 4.69) is 20.8 Å². The van der Waals surface area contributed by atoms with E-state index in [0.29, 0.717) is 47.6 Å². The van der Waals surface area contributed by atoms with E-state index >= 15 is 0 Å². The third kappa shape index (κ3) is 4.01. The number of carbonyl (C=O) groups is 1. The van der Waals surface area contributed by atoms with E-state index in [1.165, 1.54) is 0 Å². The van der Waals surface area contributed by atoms with Crippen molar-refractivity contribution in [3.63, 3.8) is 0 Å². The molecule has 0 bridgehead atoms. The lowest BCUT2D eigenvalue weighted by molar-refractivity contribution is -0.174. The second-order valence-electron chi connectivity index (χ2n) is 12.8. The van der Waals surface area contributed by atoms with E-state index in [-0.39, 0.29) is 34.4 Å². The summed E-state index contributed by atoms with van der Waals surface area (Å²) in [6.45, 7) is 6.60. The summed E-state index contributed by atoms with van der Waals surface area (Å²) in [5, 5.41) is 43.5. The molecule has 0 heterocycles. The number of aliphatic hydroxyl groups is 4. The molecule has 0 aliphatic heterocycles. The monoisotopic (exact) mass is 504 g/mol. The Bertz CT molecular complexity index is 951. The molecule has 4 saturated carbocycles. The third-order valence-electron chi connectivity index (χ3n) is 11.3. The maximum absolute atomic E-state index is 13.4. The Hall–Kier alpha value is -0.980. The van der Waals surface area contributed by atoms with Gasteiger partial charge in [0.05, 0.1) is 18.3 Å². The molecule has 0 unspecified atom stereocenters. The van der Waals surface area contributed by atoms with Crippen LogP contribution in [-0.4, -0.2) is 44.5 Å². The van der Waals surface area contributed by atoms with E-state index in [1.54, 1.807) is 24.3 Å². The van der Waals surface area contributed by atoms with E-state index in [0.717, 1.165) is 25.7 Å². The Morgan fingerprint density at radius 2 is 1.63 bits per heavy atom. The fourth-order valence-electron chi connectivity index (χ4n) is 9.36. The van der Waals surface area contributed by atoms with Crippen LogP contribution in [0.3, 0.4) is 0 Å². The molecule has 35 heavy (non-hydrogen) atoms. The number of carbonyl (C=O) groups excluding carboxylic acids is 1. The van der Waals surface area contributed by atoms with Crippen molar-refractivity contribution in [1.82, 2.24) is 0 Å². The van der Waals surface area contributed by atoms with Gasteiger partial charge in [0, 0.05) is 17.4 Å². The number of ketones is 1. The highest BCUT2D eigenvalue weighted by atomic mass is 35.5. The van der Waals surface area contributed by atoms with Gasteiger partial charge in [-0.3, -0.25) is 4.79 Å². The molecule has 4 aliphatic carbocycles. The van der Waals surface area contributed by atoms with Crippen LogP contribution in [0, 0.1) is 46.3 Å². The van der Waals surface area contributed by atoms with Crippen molar-refractivity contribution in [2.24, 2.45) is 46.3 Å². The van der Waals surface area contributed by atoms with Crippen LogP contribution in [0.5, 0.6) is 0 Å². The van der Waals surface area contributed by atoms with Gasteiger partial charge in [0.25, 0.3) is 0 Å². The Kier molecular flexibility index (Phi) is 6.67. The first-order valence-electron chi connectivity index (χ1n) is 13.5. The molecule has 0 radical (unpaired) electrons. The highest BCUT2D eigenvalue weighted by molar-refractivity contribution is 6.30. The molecule has 0 aromatic heterocycles. The summed E-state index contributed by atoms with van der Waals surface area (Å²) in [5.74, 6) is 1.37. The van der Waals surface area contributed by atoms with E-state index in [4.69, 9.17) is 11.6 Å². The lowest BCUT2D eigenvalue weighted by atomic mass is 9.44. The van der Waals surface area contributed by atoms with Crippen LogP contribution >= 0.6 is 11.6 Å². The average Bonchev–Trinajstić information content (AvgIpc) is 3.17. The molecule has 194 valence electrons. The predicted molar refractivity (Wildman–Crippen MR) is 135 cm³/mol. The second-order valence-corrected chi connectivity index (χ2v) is 13.2. The van der Waals surface area contributed by atoms with Crippen LogP contribution < -0.4 is 0 Å². The molecular formula is C29H41ClO5. The van der Waals surface area contributed by atoms with Crippen molar-refractivity contribution in [3.05, 3.63) is 34.9 Å². The molecule has 6 heteroatoms. The maximum Gasteiger partial charge on any atom is 0.136 e. The molecule has 0 spiro atoms. The SMILES string of the molecule is C[C@H]([C@@H](O)[C@H](O)c1ccc(Cl)cc1)[C@H]1CC[C@H]2[C@@H]3CC(=O)[C@H]4C[C@H](O)[C@H](O)C[C@]4(C)[C@H]3CC[C@]12C. The molecule has 0 amide bonds. The third-order valence-corrected chi connectivity index (χ3v) is 11.5. The normalized spacial score (nSPS) is 45.7. The molecule has 1 aromatic carbocycles. The van der Waals surface area contributed by atoms with Crippen molar-refractivity contribution >= 4 is 17.4 Å². The van der Waals surface area contributed by atoms with E-state index in [9.17, 15) is 25.2 Å². The summed E-state index contributed by atoms with van der Waals surface area (Å²) in [5.41, 5.74) is 0.429. The summed E-state index contributed by atoms with van der Waals surface area (Å²) < 4.78 is 0. The van der Waals surface area contributed by atoms with Crippen molar-refractivity contribution < 1.29 is 25.2 Å². The Morgan fingerprint density at radius 3 is 2.31 bits per heavy atom. The first-order valence-corrected chi connectivity index (χ1v) is 13.9. The van der Waals surface area contributed by atoms with Gasteiger partial charge in [0.1, 0.15) is 11.9 Å². The zero-order valence-electron chi connectivity index (χ0n) is 21.1. The van der Waals surface area contributed by atoms with Gasteiger partial charge in [-0.1, -0.05) is 44.5 Å². The van der Waals surface area contributed by atoms with E-state index in [1.807, 2.05) is 0 Å². The van der Waals surface area contributed by atoms with Crippen LogP contribution in [0.4, 0.5) is 0 Å². The van der Waals surface area contributed by atoms with Gasteiger partial charge in [0.2, 0.25) is 0 Å². The lowest BCUT2D eigenvalue weighted by Crippen LogP contribution is -2.59. The molecule has 0 saturated heterocycles. The van der Waals surface area contributed by atoms with Crippen LogP contribution in [0.2, 0.25) is 5.02 Å². The number of Topliss-reactive ketones (excluding diaryl/α,β-unsaturated/α-hetero) is 1. The smallest absolute Gasteiger partial charge is 0.136 e. The molecule has 4 aliphatic rings. The van der Waals surface area contributed by atoms with Gasteiger partial charge >= 0.3 is 0 Å². The first-order chi connectivity index (χ1) is 16.5. The summed E-state index contributed by atoms with van der Waals surface area (Å²) in [6.07, 6.45) is 2.15. The van der Waals surface area contributed by atoms with Gasteiger partial charge in [-0.05, 0) is 96.6 Å². The number of fused-ring (bicyclic) bond motifs is 5. The zero-order chi connectivity index (χ0) is 25.3. The molecule has 12 atom stereocenters. The average molecular weight is 505 g/mol. The van der Waals surface area contributed by atoms with Crippen LogP contribution in [-0.2, 0) is 4.79 Å².